The van der Waals surface area contributed by atoms with Crippen LogP contribution < -0.4 is 5.73 Å². The summed E-state index contributed by atoms with van der Waals surface area (Å²) in [5.74, 6) is 0. The fraction of sp³-hybridized carbons (Fsp3) is 0.214. The van der Waals surface area contributed by atoms with Crippen LogP contribution in [0.2, 0.25) is 0 Å². The van der Waals surface area contributed by atoms with Gasteiger partial charge in [-0.1, -0.05) is 28.1 Å². The molecule has 0 spiro atoms. The Kier molecular flexibility index (Phi) is 3.43. The second-order valence-electron chi connectivity index (χ2n) is 4.66. The summed E-state index contributed by atoms with van der Waals surface area (Å²) < 4.78 is 3.11. The molecule has 0 aliphatic rings. The summed E-state index contributed by atoms with van der Waals surface area (Å²) in [4.78, 5) is 5.59. The second kappa shape index (κ2) is 5.07. The Morgan fingerprint density at radius 1 is 1.47 bits per heavy atom. The number of fused-ring (bicyclic) bond motifs is 1. The minimum absolute atomic E-state index is 0.0421. The lowest BCUT2D eigenvalue weighted by atomic mass is 10.0. The van der Waals surface area contributed by atoms with Gasteiger partial charge in [0.1, 0.15) is 0 Å². The highest BCUT2D eigenvalue weighted by molar-refractivity contribution is 9.10. The van der Waals surface area contributed by atoms with Gasteiger partial charge in [-0.15, -0.1) is 11.3 Å². The van der Waals surface area contributed by atoms with Crippen molar-refractivity contribution >= 4 is 32.2 Å². The number of hydrogen-bond acceptors (Lipinski definition) is 3. The Hall–Kier alpha value is -1.17. The van der Waals surface area contributed by atoms with Crippen molar-refractivity contribution < 1.29 is 0 Å². The molecule has 2 N–H and O–H groups in total. The molecule has 1 atom stereocenters. The van der Waals surface area contributed by atoms with E-state index in [0.29, 0.717) is 0 Å². The third kappa shape index (κ3) is 2.59. The summed E-state index contributed by atoms with van der Waals surface area (Å²) in [6, 6.07) is 6.23. The number of nitrogens with zero attached hydrogens (tertiary/aromatic N) is 2. The average molecular weight is 336 g/mol. The van der Waals surface area contributed by atoms with Crippen molar-refractivity contribution in [1.82, 2.24) is 9.38 Å². The van der Waals surface area contributed by atoms with Gasteiger partial charge < -0.3 is 5.73 Å². The van der Waals surface area contributed by atoms with Gasteiger partial charge in [0.2, 0.25) is 0 Å². The van der Waals surface area contributed by atoms with Crippen LogP contribution in [0.4, 0.5) is 0 Å². The SMILES string of the molecule is Cc1ccc(C(N)Cc2cn3ccsc3n2)c(Br)c1. The summed E-state index contributed by atoms with van der Waals surface area (Å²) in [5.41, 5.74) is 9.68. The number of nitrogens with two attached hydrogens (primary N) is 1. The number of halogens is 1. The highest BCUT2D eigenvalue weighted by Gasteiger charge is 2.13. The Bertz CT molecular complexity index is 688. The highest BCUT2D eigenvalue weighted by Crippen LogP contribution is 2.25. The van der Waals surface area contributed by atoms with Crippen molar-refractivity contribution in [3.05, 3.63) is 57.3 Å². The van der Waals surface area contributed by atoms with Crippen LogP contribution in [0.3, 0.4) is 0 Å². The molecule has 0 fully saturated rings. The molecule has 98 valence electrons. The molecule has 0 amide bonds. The van der Waals surface area contributed by atoms with Gasteiger partial charge in [-0.05, 0) is 24.1 Å². The van der Waals surface area contributed by atoms with Gasteiger partial charge in [-0.3, -0.25) is 4.40 Å². The zero-order chi connectivity index (χ0) is 13.4. The first-order chi connectivity index (χ1) is 9.13. The lowest BCUT2D eigenvalue weighted by molar-refractivity contribution is 0.707. The van der Waals surface area contributed by atoms with Gasteiger partial charge >= 0.3 is 0 Å². The van der Waals surface area contributed by atoms with E-state index in [4.69, 9.17) is 5.73 Å². The fourth-order valence-corrected chi connectivity index (χ4v) is 3.65. The minimum Gasteiger partial charge on any atom is -0.324 e. The number of benzene rings is 1. The van der Waals surface area contributed by atoms with E-state index in [-0.39, 0.29) is 6.04 Å². The van der Waals surface area contributed by atoms with Crippen LogP contribution >= 0.6 is 27.3 Å². The van der Waals surface area contributed by atoms with Crippen molar-refractivity contribution in [2.45, 2.75) is 19.4 Å². The van der Waals surface area contributed by atoms with Gasteiger partial charge in [-0.25, -0.2) is 4.98 Å². The van der Waals surface area contributed by atoms with Crippen LogP contribution in [0.1, 0.15) is 22.9 Å². The maximum absolute atomic E-state index is 6.29. The van der Waals surface area contributed by atoms with Crippen molar-refractivity contribution in [2.24, 2.45) is 5.73 Å². The molecule has 1 aromatic carbocycles. The number of thiazole rings is 1. The zero-order valence-corrected chi connectivity index (χ0v) is 12.9. The molecule has 0 aliphatic heterocycles. The van der Waals surface area contributed by atoms with Crippen LogP contribution in [-0.2, 0) is 6.42 Å². The quantitative estimate of drug-likeness (QED) is 0.792. The highest BCUT2D eigenvalue weighted by atomic mass is 79.9. The molecule has 0 saturated heterocycles. The predicted molar refractivity (Wildman–Crippen MR) is 82.6 cm³/mol. The van der Waals surface area contributed by atoms with Gasteiger partial charge in [0, 0.05) is 34.7 Å². The third-order valence-corrected chi connectivity index (χ3v) is 4.59. The maximum atomic E-state index is 6.29. The minimum atomic E-state index is -0.0421. The normalized spacial score (nSPS) is 13.0. The van der Waals surface area contributed by atoms with Crippen molar-refractivity contribution in [2.75, 3.05) is 0 Å². The van der Waals surface area contributed by atoms with E-state index in [1.54, 1.807) is 11.3 Å². The van der Waals surface area contributed by atoms with E-state index < -0.39 is 0 Å². The third-order valence-electron chi connectivity index (χ3n) is 3.13. The van der Waals surface area contributed by atoms with E-state index in [1.165, 1.54) is 5.56 Å². The number of aryl methyl sites for hydroxylation is 1. The largest absolute Gasteiger partial charge is 0.324 e. The summed E-state index contributed by atoms with van der Waals surface area (Å²) >= 11 is 5.22. The monoisotopic (exact) mass is 335 g/mol. The lowest BCUT2D eigenvalue weighted by Gasteiger charge is -2.13. The molecule has 3 nitrogen and oxygen atoms in total. The molecule has 0 aliphatic carbocycles. The van der Waals surface area contributed by atoms with E-state index in [9.17, 15) is 0 Å². The predicted octanol–water partition coefficient (Wildman–Crippen LogP) is 3.71. The van der Waals surface area contributed by atoms with Crippen molar-refractivity contribution in [1.29, 1.82) is 0 Å². The molecule has 0 radical (unpaired) electrons. The Morgan fingerprint density at radius 3 is 3.05 bits per heavy atom. The Morgan fingerprint density at radius 2 is 2.32 bits per heavy atom. The Labute approximate surface area is 124 Å². The van der Waals surface area contributed by atoms with Crippen LogP contribution in [0.15, 0.2) is 40.4 Å². The average Bonchev–Trinajstić information content (AvgIpc) is 2.89. The molecule has 0 saturated carbocycles. The zero-order valence-electron chi connectivity index (χ0n) is 10.5. The first kappa shape index (κ1) is 12.8. The number of rotatable bonds is 3. The number of hydrogen-bond donors (Lipinski definition) is 1. The van der Waals surface area contributed by atoms with Crippen LogP contribution in [0.5, 0.6) is 0 Å². The molecule has 3 aromatic rings. The summed E-state index contributed by atoms with van der Waals surface area (Å²) in [5, 5.41) is 2.03. The van der Waals surface area contributed by atoms with Gasteiger partial charge in [-0.2, -0.15) is 0 Å². The molecule has 3 rings (SSSR count). The summed E-state index contributed by atoms with van der Waals surface area (Å²) in [6.45, 7) is 2.07. The number of imidazole rings is 1. The van der Waals surface area contributed by atoms with Gasteiger partial charge in [0.05, 0.1) is 5.69 Å². The van der Waals surface area contributed by atoms with Gasteiger partial charge in [0.15, 0.2) is 4.96 Å². The molecule has 5 heteroatoms. The lowest BCUT2D eigenvalue weighted by Crippen LogP contribution is -2.14. The molecular weight excluding hydrogens is 322 g/mol. The van der Waals surface area contributed by atoms with E-state index in [0.717, 1.165) is 27.1 Å². The van der Waals surface area contributed by atoms with Crippen LogP contribution in [-0.4, -0.2) is 9.38 Å². The van der Waals surface area contributed by atoms with Crippen molar-refractivity contribution in [3.8, 4) is 0 Å². The topological polar surface area (TPSA) is 43.3 Å². The summed E-state index contributed by atoms with van der Waals surface area (Å²) in [6.07, 6.45) is 4.81. The standard InChI is InChI=1S/C14H14BrN3S/c1-9-2-3-11(12(15)6-9)13(16)7-10-8-18-4-5-19-14(18)17-10/h2-6,8,13H,7,16H2,1H3. The Balaban J connectivity index is 1.84. The molecule has 1 unspecified atom stereocenters. The number of aromatic nitrogens is 2. The summed E-state index contributed by atoms with van der Waals surface area (Å²) in [7, 11) is 0. The smallest absolute Gasteiger partial charge is 0.193 e. The van der Waals surface area contributed by atoms with Gasteiger partial charge in [0.25, 0.3) is 0 Å². The fourth-order valence-electron chi connectivity index (χ4n) is 2.14. The maximum Gasteiger partial charge on any atom is 0.193 e. The van der Waals surface area contributed by atoms with E-state index in [1.807, 2.05) is 22.2 Å². The first-order valence-corrected chi connectivity index (χ1v) is 7.73. The van der Waals surface area contributed by atoms with Crippen LogP contribution in [0.25, 0.3) is 4.96 Å². The second-order valence-corrected chi connectivity index (χ2v) is 6.39. The molecule has 0 bridgehead atoms. The molecule has 2 aromatic heterocycles. The molecule has 19 heavy (non-hydrogen) atoms. The van der Waals surface area contributed by atoms with E-state index >= 15 is 0 Å². The van der Waals surface area contributed by atoms with Crippen molar-refractivity contribution in [3.63, 3.8) is 0 Å². The van der Waals surface area contributed by atoms with E-state index in [2.05, 4.69) is 46.0 Å². The first-order valence-electron chi connectivity index (χ1n) is 6.06. The van der Waals surface area contributed by atoms with Crippen LogP contribution in [0, 0.1) is 6.92 Å². The molecular formula is C14H14BrN3S. The molecule has 2 heterocycles.